The van der Waals surface area contributed by atoms with E-state index in [0.717, 1.165) is 74.6 Å². The predicted octanol–water partition coefficient (Wildman–Crippen LogP) is 14.0. The molecule has 0 heterocycles. The average Bonchev–Trinajstić information content (AvgIpc) is 3.66. The van der Waals surface area contributed by atoms with E-state index < -0.39 is 11.7 Å². The largest absolute Gasteiger partial charge is 0.384 e. The second-order valence-electron chi connectivity index (χ2n) is 13.4. The van der Waals surface area contributed by atoms with Crippen LogP contribution >= 0.6 is 47.8 Å². The van der Waals surface area contributed by atoms with Crippen LogP contribution in [0.2, 0.25) is 0 Å². The first-order valence-corrected chi connectivity index (χ1v) is 20.4. The first kappa shape index (κ1) is 37.1. The highest BCUT2D eigenvalue weighted by molar-refractivity contribution is 9.11. The molecule has 55 heavy (non-hydrogen) atoms. The monoisotopic (exact) mass is 904 g/mol. The lowest BCUT2D eigenvalue weighted by atomic mass is 9.80. The molecule has 0 amide bonds. The van der Waals surface area contributed by atoms with E-state index in [2.05, 4.69) is 127 Å². The Morgan fingerprint density at radius 2 is 0.800 bits per heavy atom. The van der Waals surface area contributed by atoms with E-state index in [1.807, 2.05) is 115 Å². The topological polar surface area (TPSA) is 40.5 Å². The van der Waals surface area contributed by atoms with Crippen molar-refractivity contribution in [3.8, 4) is 44.5 Å². The number of benzene rings is 8. The summed E-state index contributed by atoms with van der Waals surface area (Å²) in [6, 6.07) is 65.3. The Kier molecular flexibility index (Phi) is 10.8. The Morgan fingerprint density at radius 3 is 1.45 bits per heavy atom. The maximum Gasteiger partial charge on any atom is 0.142 e. The van der Waals surface area contributed by atoms with E-state index in [1.165, 1.54) is 11.1 Å². The normalized spacial score (nSPS) is 15.6. The Hall–Kier alpha value is -4.88. The van der Waals surface area contributed by atoms with Crippen LogP contribution in [-0.4, -0.2) is 10.2 Å². The van der Waals surface area contributed by atoms with Crippen molar-refractivity contribution >= 4 is 47.8 Å². The summed E-state index contributed by atoms with van der Waals surface area (Å²) in [5.74, 6) is 0. The third-order valence-corrected chi connectivity index (χ3v) is 11.9. The Labute approximate surface area is 347 Å². The van der Waals surface area contributed by atoms with Crippen molar-refractivity contribution in [2.24, 2.45) is 0 Å². The zero-order valence-electron chi connectivity index (χ0n) is 29.6. The van der Waals surface area contributed by atoms with Crippen molar-refractivity contribution in [2.45, 2.75) is 11.7 Å². The molecule has 0 bridgehead atoms. The van der Waals surface area contributed by atoms with Crippen LogP contribution in [0.5, 0.6) is 0 Å². The fraction of sp³-hybridized carbons (Fsp3) is 0.0400. The second kappa shape index (κ2) is 16.1. The highest BCUT2D eigenvalue weighted by Crippen LogP contribution is 2.53. The number of aliphatic hydroxyl groups excluding tert-OH is 1. The summed E-state index contributed by atoms with van der Waals surface area (Å²) in [6.45, 7) is 0. The van der Waals surface area contributed by atoms with Gasteiger partial charge in [0.15, 0.2) is 0 Å². The quantitative estimate of drug-likeness (QED) is 0.185. The SMILES string of the molecule is Brc1ccccc1-c1ccccc1.OC1(c2ccccc2-c2ccccc2)c2ccccc2-c2ccc(Br)cc21.OC1c2ccccc2-c2ccc(Br)cc21. The summed E-state index contributed by atoms with van der Waals surface area (Å²) in [7, 11) is 0. The van der Waals surface area contributed by atoms with Gasteiger partial charge in [-0.2, -0.15) is 0 Å². The third kappa shape index (κ3) is 7.19. The molecule has 0 spiro atoms. The molecule has 2 atom stereocenters. The zero-order valence-corrected chi connectivity index (χ0v) is 34.3. The molecule has 0 saturated carbocycles. The van der Waals surface area contributed by atoms with Crippen molar-refractivity contribution in [1.29, 1.82) is 0 Å². The summed E-state index contributed by atoms with van der Waals surface area (Å²) in [5.41, 5.74) is 12.6. The molecule has 2 aliphatic rings. The van der Waals surface area contributed by atoms with Crippen LogP contribution in [0.3, 0.4) is 0 Å². The lowest BCUT2D eigenvalue weighted by Crippen LogP contribution is -2.27. The van der Waals surface area contributed by atoms with E-state index in [0.29, 0.717) is 0 Å². The minimum Gasteiger partial charge on any atom is -0.384 e. The van der Waals surface area contributed by atoms with Gasteiger partial charge in [0, 0.05) is 30.1 Å². The van der Waals surface area contributed by atoms with E-state index in [9.17, 15) is 10.2 Å². The molecule has 0 saturated heterocycles. The second-order valence-corrected chi connectivity index (χ2v) is 16.1. The molecule has 0 aromatic heterocycles. The predicted molar refractivity (Wildman–Crippen MR) is 237 cm³/mol. The van der Waals surface area contributed by atoms with Gasteiger partial charge in [0.05, 0.1) is 0 Å². The number of hydrogen-bond acceptors (Lipinski definition) is 2. The van der Waals surface area contributed by atoms with E-state index in [4.69, 9.17) is 0 Å². The molecule has 0 aliphatic heterocycles. The first-order valence-electron chi connectivity index (χ1n) is 18.0. The molecule has 2 N–H and O–H groups in total. The standard InChI is InChI=1S/C25H17BrO.C13H9BrO.C12H9Br/c26-18-14-15-21-20-11-5-7-13-23(20)25(27,24(21)16-18)22-12-6-4-10-19(22)17-8-2-1-3-9-17;14-8-5-6-10-9-3-1-2-4-11(9)13(15)12(10)7-8;13-12-9-5-4-8-11(12)10-6-2-1-3-7-10/h1-16,27H;1-7,13,15H;1-9H. The Balaban J connectivity index is 0.000000129. The van der Waals surface area contributed by atoms with Crippen molar-refractivity contribution < 1.29 is 10.2 Å². The van der Waals surface area contributed by atoms with Gasteiger partial charge < -0.3 is 10.2 Å². The van der Waals surface area contributed by atoms with E-state index in [-0.39, 0.29) is 0 Å². The minimum atomic E-state index is -1.19. The lowest BCUT2D eigenvalue weighted by Gasteiger charge is -2.29. The van der Waals surface area contributed by atoms with Crippen LogP contribution in [0.1, 0.15) is 33.9 Å². The van der Waals surface area contributed by atoms with Crippen molar-refractivity contribution in [3.05, 3.63) is 235 Å². The summed E-state index contributed by atoms with van der Waals surface area (Å²) in [6.07, 6.45) is -0.478. The van der Waals surface area contributed by atoms with Gasteiger partial charge in [-0.1, -0.05) is 212 Å². The number of hydrogen-bond donors (Lipinski definition) is 2. The lowest BCUT2D eigenvalue weighted by molar-refractivity contribution is 0.131. The molecule has 268 valence electrons. The van der Waals surface area contributed by atoms with Crippen molar-refractivity contribution in [1.82, 2.24) is 0 Å². The summed E-state index contributed by atoms with van der Waals surface area (Å²) >= 11 is 10.5. The Bertz CT molecular complexity index is 2620. The molecular formula is C50H35Br3O2. The van der Waals surface area contributed by atoms with Gasteiger partial charge in [-0.15, -0.1) is 0 Å². The van der Waals surface area contributed by atoms with Crippen LogP contribution in [-0.2, 0) is 5.60 Å². The van der Waals surface area contributed by atoms with Crippen molar-refractivity contribution in [2.75, 3.05) is 0 Å². The molecule has 2 aliphatic carbocycles. The molecule has 0 radical (unpaired) electrons. The Morgan fingerprint density at radius 1 is 0.364 bits per heavy atom. The maximum absolute atomic E-state index is 12.2. The van der Waals surface area contributed by atoms with Gasteiger partial charge in [-0.25, -0.2) is 0 Å². The van der Waals surface area contributed by atoms with Gasteiger partial charge in [0.1, 0.15) is 11.7 Å². The molecule has 8 aromatic rings. The van der Waals surface area contributed by atoms with Crippen LogP contribution < -0.4 is 0 Å². The number of aliphatic hydroxyl groups is 2. The van der Waals surface area contributed by atoms with Crippen LogP contribution in [0, 0.1) is 0 Å². The van der Waals surface area contributed by atoms with Crippen LogP contribution in [0.15, 0.2) is 208 Å². The maximum atomic E-state index is 12.2. The van der Waals surface area contributed by atoms with Gasteiger partial charge in [-0.3, -0.25) is 0 Å². The molecule has 2 nitrogen and oxygen atoms in total. The van der Waals surface area contributed by atoms with Gasteiger partial charge >= 0.3 is 0 Å². The molecule has 10 rings (SSSR count). The summed E-state index contributed by atoms with van der Waals surface area (Å²) < 4.78 is 3.11. The zero-order chi connectivity index (χ0) is 37.9. The molecule has 0 fully saturated rings. The number of rotatable bonds is 3. The highest BCUT2D eigenvalue weighted by Gasteiger charge is 2.44. The molecule has 2 unspecified atom stereocenters. The minimum absolute atomic E-state index is 0.478. The number of fused-ring (bicyclic) bond motifs is 6. The first-order chi connectivity index (χ1) is 26.8. The van der Waals surface area contributed by atoms with Gasteiger partial charge in [-0.05, 0) is 86.0 Å². The fourth-order valence-corrected chi connectivity index (χ4v) is 8.91. The highest BCUT2D eigenvalue weighted by atomic mass is 79.9. The third-order valence-electron chi connectivity index (χ3n) is 10.2. The summed E-state index contributed by atoms with van der Waals surface area (Å²) in [4.78, 5) is 0. The fourth-order valence-electron chi connectivity index (χ4n) is 7.65. The van der Waals surface area contributed by atoms with Crippen LogP contribution in [0.4, 0.5) is 0 Å². The van der Waals surface area contributed by atoms with E-state index in [1.54, 1.807) is 0 Å². The molecule has 5 heteroatoms. The van der Waals surface area contributed by atoms with Crippen molar-refractivity contribution in [3.63, 3.8) is 0 Å². The number of halogens is 3. The average molecular weight is 908 g/mol. The molecular weight excluding hydrogens is 872 g/mol. The smallest absolute Gasteiger partial charge is 0.142 e. The summed E-state index contributed by atoms with van der Waals surface area (Å²) in [5, 5.41) is 22.3. The van der Waals surface area contributed by atoms with E-state index >= 15 is 0 Å². The van der Waals surface area contributed by atoms with Gasteiger partial charge in [0.25, 0.3) is 0 Å². The van der Waals surface area contributed by atoms with Crippen LogP contribution in [0.25, 0.3) is 44.5 Å². The van der Waals surface area contributed by atoms with Gasteiger partial charge in [0.2, 0.25) is 0 Å². The molecule has 8 aromatic carbocycles.